The van der Waals surface area contributed by atoms with Crippen LogP contribution in [0.15, 0.2) is 76.5 Å². The number of morpholine rings is 1. The summed E-state index contributed by atoms with van der Waals surface area (Å²) in [5.74, 6) is 2.23. The first-order chi connectivity index (χ1) is 39.9. The van der Waals surface area contributed by atoms with Gasteiger partial charge < -0.3 is 44.8 Å². The number of nitrogens with two attached hydrogens (primary N) is 1. The fourth-order valence-electron chi connectivity index (χ4n) is 6.29. The number of carbonyl (C=O) groups is 4. The number of pyridine rings is 2. The van der Waals surface area contributed by atoms with Crippen LogP contribution in [0.4, 0.5) is 0 Å². The highest BCUT2D eigenvalue weighted by Crippen LogP contribution is 2.22. The number of aliphatic imine (C=N–C) groups is 1. The number of primary amides is 1. The van der Waals surface area contributed by atoms with E-state index >= 15 is 0 Å². The number of aromatic nitrogens is 2. The van der Waals surface area contributed by atoms with E-state index in [1.807, 2.05) is 96.6 Å². The number of amides is 3. The molecule has 3 aliphatic heterocycles. The number of Topliss-reactive ketones (excluding diaryl/α,β-unsaturated/α-hetero) is 1. The Balaban J connectivity index is -0.0000000197. The molecule has 0 bridgehead atoms. The number of hydrogen-bond donors (Lipinski definition) is 2. The minimum atomic E-state index is -0.206. The van der Waals surface area contributed by atoms with E-state index in [2.05, 4.69) is 87.4 Å². The van der Waals surface area contributed by atoms with Crippen LogP contribution in [-0.2, 0) is 38.1 Å². The van der Waals surface area contributed by atoms with Crippen LogP contribution in [0.25, 0.3) is 0 Å². The number of aliphatic hydroxyl groups excluding tert-OH is 1. The van der Waals surface area contributed by atoms with Gasteiger partial charge in [0, 0.05) is 115 Å². The number of azo groups is 1. The number of rotatable bonds is 21. The van der Waals surface area contributed by atoms with Gasteiger partial charge in [-0.05, 0) is 119 Å². The Kier molecular flexibility index (Phi) is 303. The number of ketones is 1. The SMILES string of the molecule is C.C.C.C.C.C.C.C.C.C.C.C.C.C.C.C.C.C.C.C.C.C.C.C.C.C.C.C.C=C1CCCN1C(=O)C(C)CC.CCC(C)C(=O)C1=NCN=N1.CCC(C)C(=O)N1CCOCC1.CCC(C)C(N)=O.CCC(C)O.CCC(C)c1cc[n+]([O-])cc1.CCC(C)c1ccncc1.CCCCOC.CCCOC.CCCOC. The van der Waals surface area contributed by atoms with E-state index in [0.29, 0.717) is 37.6 Å². The lowest BCUT2D eigenvalue weighted by Gasteiger charge is -2.28. The highest BCUT2D eigenvalue weighted by Gasteiger charge is 2.25. The minimum Gasteiger partial charge on any atom is -0.619 e. The zero-order valence-electron chi connectivity index (χ0n) is 56.8. The van der Waals surface area contributed by atoms with Gasteiger partial charge in [0.25, 0.3) is 0 Å². The van der Waals surface area contributed by atoms with Crippen LogP contribution in [0, 0.1) is 28.9 Å². The molecule has 0 radical (unpaired) electrons. The summed E-state index contributed by atoms with van der Waals surface area (Å²) in [6.45, 7) is 45.1. The summed E-state index contributed by atoms with van der Waals surface area (Å²) < 4.78 is 20.1. The molecule has 7 unspecified atom stereocenters. The maximum Gasteiger partial charge on any atom is 0.229 e. The third kappa shape index (κ3) is 126. The topological polar surface area (TPSA) is 235 Å². The number of unbranched alkanes of at least 4 members (excludes halogenated alkanes) is 1. The number of methoxy groups -OCH3 is 3. The molecule has 0 saturated carbocycles. The highest BCUT2D eigenvalue weighted by atomic mass is 16.5. The molecule has 0 spiro atoms. The summed E-state index contributed by atoms with van der Waals surface area (Å²) in [5.41, 5.74) is 8.53. The predicted octanol–water partition coefficient (Wildman–Crippen LogP) is 31.5. The van der Waals surface area contributed by atoms with Gasteiger partial charge in [0.15, 0.2) is 19.1 Å². The monoisotopic (exact) mass is 1640 g/mol. The van der Waals surface area contributed by atoms with Crippen LogP contribution in [0.5, 0.6) is 0 Å². The van der Waals surface area contributed by atoms with E-state index < -0.39 is 0 Å². The second kappa shape index (κ2) is 154. The summed E-state index contributed by atoms with van der Waals surface area (Å²) in [7, 11) is 5.16. The van der Waals surface area contributed by atoms with Crippen molar-refractivity contribution in [3.8, 4) is 0 Å². The van der Waals surface area contributed by atoms with Crippen molar-refractivity contribution in [3.05, 3.63) is 77.7 Å². The van der Waals surface area contributed by atoms with Crippen LogP contribution in [0.3, 0.4) is 0 Å². The molecule has 18 heteroatoms. The fraction of sp³-hybridized carbons (Fsp3) is 0.819. The number of amidine groups is 1. The molecule has 2 saturated heterocycles. The summed E-state index contributed by atoms with van der Waals surface area (Å²) in [6.07, 6.45) is 20.1. The molecular weight excluding hydrogens is 1400 g/mol. The van der Waals surface area contributed by atoms with E-state index in [1.54, 1.807) is 40.6 Å². The molecule has 5 heterocycles. The van der Waals surface area contributed by atoms with Crippen molar-refractivity contribution in [1.29, 1.82) is 0 Å². The molecule has 712 valence electrons. The summed E-state index contributed by atoms with van der Waals surface area (Å²) in [5, 5.41) is 26.2. The fourth-order valence-corrected chi connectivity index (χ4v) is 6.29. The first-order valence-electron chi connectivity index (χ1n) is 31.3. The molecule has 0 aliphatic carbocycles. The van der Waals surface area contributed by atoms with Gasteiger partial charge in [-0.15, -0.1) is 5.11 Å². The molecule has 2 fully saturated rings. The van der Waals surface area contributed by atoms with E-state index in [9.17, 15) is 24.4 Å². The van der Waals surface area contributed by atoms with Crippen LogP contribution in [0.1, 0.15) is 432 Å². The maximum atomic E-state index is 11.7. The number of aliphatic hydroxyl groups is 1. The molecule has 3 amide bonds. The van der Waals surface area contributed by atoms with Crippen molar-refractivity contribution < 1.29 is 48.0 Å². The van der Waals surface area contributed by atoms with E-state index in [4.69, 9.17) is 29.8 Å². The molecule has 0 aromatic carbocycles. The highest BCUT2D eigenvalue weighted by molar-refractivity contribution is 6.40. The van der Waals surface area contributed by atoms with Gasteiger partial charge >= 0.3 is 0 Å². The van der Waals surface area contributed by atoms with Crippen molar-refractivity contribution in [3.63, 3.8) is 0 Å². The molecule has 3 N–H and O–H groups in total. The zero-order chi connectivity index (χ0) is 65.3. The Morgan fingerprint density at radius 3 is 1.07 bits per heavy atom. The Hall–Kier alpha value is -5.01. The quantitative estimate of drug-likeness (QED) is 0.0677. The molecule has 7 atom stereocenters. The summed E-state index contributed by atoms with van der Waals surface area (Å²) in [6, 6.07) is 7.91. The molecule has 2 aromatic heterocycles. The predicted molar refractivity (Wildman–Crippen MR) is 535 cm³/mol. The average molecular weight is 1640 g/mol. The van der Waals surface area contributed by atoms with Crippen molar-refractivity contribution in [2.45, 2.75) is 427 Å². The molecule has 18 nitrogen and oxygen atoms in total. The first-order valence-corrected chi connectivity index (χ1v) is 31.3. The van der Waals surface area contributed by atoms with Gasteiger partial charge in [0.2, 0.25) is 29.3 Å². The normalized spacial score (nSPS) is 11.3. The molecule has 5 rings (SSSR count). The van der Waals surface area contributed by atoms with Crippen molar-refractivity contribution in [2.75, 3.05) is 80.7 Å². The lowest BCUT2D eigenvalue weighted by molar-refractivity contribution is -0.605. The molecular formula is C94H236N8O10. The van der Waals surface area contributed by atoms with Gasteiger partial charge in [-0.3, -0.25) is 24.2 Å². The molecule has 112 heavy (non-hydrogen) atoms. The number of ether oxygens (including phenoxy) is 4. The van der Waals surface area contributed by atoms with Crippen molar-refractivity contribution in [1.82, 2.24) is 14.8 Å². The minimum absolute atomic E-state index is 0. The van der Waals surface area contributed by atoms with Crippen molar-refractivity contribution >= 4 is 29.3 Å². The lowest BCUT2D eigenvalue weighted by atomic mass is 10.0. The largest absolute Gasteiger partial charge is 0.619 e. The third-order valence-electron chi connectivity index (χ3n) is 13.7. The summed E-state index contributed by atoms with van der Waals surface area (Å²) in [4.78, 5) is 56.2. The standard InChI is InChI=1S/C10H17NO.C9H17NO2.C9H13NO.C9H13N.C7H11N3O.C5H11NO.C5H12O.3C4H10O.28CH4/c1-4-8(2)10(12)11-7-5-6-9(11)3;1-3-8(2)9(11)10-4-6-12-7-5-10;1-3-8(2)9-4-6-10(11)7-5-9;1-3-8(2)9-4-6-10-7-5-9;1-3-5(2)6(11)7-8-4-9-10-7;1-3-4(2)5(6)7;1-3-4-5-6-2;2*1-3-4-5-2;1-3-4(2)5;;;;;;;;;;;;;;;;;;;;;;;;;;;;/h2*8H,3-7H2,1-2H3;4-8H,3H2,1-2H3;4-8H,3H2,1-2H3;5H,3-4H2,1-2H3;4H,3H2,1-2H3,(H2,6,7);3-5H2,1-2H3;2*3-4H2,1-2H3;4-5H,3H2,1-2H3;28*1H4. The Morgan fingerprint density at radius 2 is 0.839 bits per heavy atom. The zero-order valence-corrected chi connectivity index (χ0v) is 56.8. The number of hydrogen-bond acceptors (Lipinski definition) is 14. The second-order valence-electron chi connectivity index (χ2n) is 20.9. The van der Waals surface area contributed by atoms with Crippen LogP contribution in [-0.4, -0.2) is 136 Å². The van der Waals surface area contributed by atoms with Gasteiger partial charge in [-0.25, -0.2) is 4.99 Å². The van der Waals surface area contributed by atoms with E-state index in [1.165, 1.54) is 30.4 Å². The van der Waals surface area contributed by atoms with Crippen LogP contribution < -0.4 is 10.5 Å². The smallest absolute Gasteiger partial charge is 0.229 e. The number of nitrogens with zero attached hydrogens (tertiary/aromatic N) is 7. The van der Waals surface area contributed by atoms with Gasteiger partial charge in [-0.2, -0.15) is 9.84 Å². The summed E-state index contributed by atoms with van der Waals surface area (Å²) >= 11 is 0. The Morgan fingerprint density at radius 1 is 0.500 bits per heavy atom. The molecule has 3 aliphatic rings. The lowest BCUT2D eigenvalue weighted by Crippen LogP contribution is -2.43. The van der Waals surface area contributed by atoms with Gasteiger partial charge in [-0.1, -0.05) is 332 Å². The number of likely N-dealkylation sites (tertiary alicyclic amines) is 1. The third-order valence-corrected chi connectivity index (χ3v) is 13.7. The van der Waals surface area contributed by atoms with Crippen LogP contribution >= 0.6 is 0 Å². The van der Waals surface area contributed by atoms with E-state index in [-0.39, 0.29) is 261 Å². The Labute approximate surface area is 718 Å². The van der Waals surface area contributed by atoms with Crippen LogP contribution in [0.2, 0.25) is 0 Å². The van der Waals surface area contributed by atoms with Gasteiger partial charge in [0.1, 0.15) is 0 Å². The molecule has 2 aromatic rings. The average Bonchev–Trinajstić information content (AvgIpc) is 1.70. The Bertz CT molecular complexity index is 1910. The maximum absolute atomic E-state index is 11.7. The van der Waals surface area contributed by atoms with Gasteiger partial charge in [0.05, 0.1) is 19.3 Å². The first kappa shape index (κ1) is 220. The second-order valence-corrected chi connectivity index (χ2v) is 20.9. The number of allylic oxidation sites excluding steroid dienone is 1. The number of carbonyl (C=O) groups excluding carboxylic acids is 4. The van der Waals surface area contributed by atoms with Crippen molar-refractivity contribution in [2.24, 2.45) is 44.6 Å². The van der Waals surface area contributed by atoms with E-state index in [0.717, 1.165) is 114 Å².